The molecule has 0 aliphatic heterocycles. The quantitative estimate of drug-likeness (QED) is 0.326. The summed E-state index contributed by atoms with van der Waals surface area (Å²) in [7, 11) is 3.25. The number of carbonyl (C=O) groups excluding carboxylic acids is 1. The van der Waals surface area contributed by atoms with Crippen LogP contribution < -0.4 is 16.2 Å². The van der Waals surface area contributed by atoms with Crippen molar-refractivity contribution in [1.82, 2.24) is 9.13 Å². The van der Waals surface area contributed by atoms with E-state index in [0.717, 1.165) is 12.7 Å². The van der Waals surface area contributed by atoms with E-state index < -0.39 is 12.1 Å². The predicted octanol–water partition coefficient (Wildman–Crippen LogP) is 5.55. The number of benzene rings is 2. The van der Waals surface area contributed by atoms with Crippen LogP contribution in [0, 0.1) is 0 Å². The molecule has 0 bridgehead atoms. The van der Waals surface area contributed by atoms with Crippen LogP contribution in [0.2, 0.25) is 0 Å². The Morgan fingerprint density at radius 2 is 1.69 bits per heavy atom. The molecule has 3 rings (SSSR count). The maximum atomic E-state index is 13.2. The van der Waals surface area contributed by atoms with E-state index in [1.54, 1.807) is 49.1 Å². The number of rotatable bonds is 8. The third-order valence-corrected chi connectivity index (χ3v) is 4.87. The third kappa shape index (κ3) is 8.17. The Morgan fingerprint density at radius 3 is 2.23 bits per heavy atom. The minimum absolute atomic E-state index is 0.0285. The van der Waals surface area contributed by atoms with Gasteiger partial charge < -0.3 is 20.0 Å². The molecule has 7 nitrogen and oxygen atoms in total. The van der Waals surface area contributed by atoms with Crippen molar-refractivity contribution in [3.05, 3.63) is 58.5 Å². The smallest absolute Gasteiger partial charge is 0.404 e. The van der Waals surface area contributed by atoms with Gasteiger partial charge in [0.1, 0.15) is 6.29 Å². The first kappa shape index (κ1) is 29.8. The number of anilines is 1. The fourth-order valence-electron chi connectivity index (χ4n) is 3.61. The molecule has 35 heavy (non-hydrogen) atoms. The largest absolute Gasteiger partial charge is 0.573 e. The molecule has 0 saturated carbocycles. The lowest BCUT2D eigenvalue weighted by atomic mass is 10.1. The van der Waals surface area contributed by atoms with Gasteiger partial charge in [0, 0.05) is 26.7 Å². The molecule has 1 heterocycles. The number of nitrogen functional groups attached to an aromatic ring is 1. The molecule has 0 amide bonds. The first-order valence-electron chi connectivity index (χ1n) is 11.3. The first-order chi connectivity index (χ1) is 16.7. The fourth-order valence-corrected chi connectivity index (χ4v) is 3.61. The second-order valence-corrected chi connectivity index (χ2v) is 7.40. The van der Waals surface area contributed by atoms with Gasteiger partial charge >= 0.3 is 12.1 Å². The fraction of sp³-hybridized carbons (Fsp3) is 0.440. The molecule has 1 atom stereocenters. The van der Waals surface area contributed by atoms with Gasteiger partial charge in [-0.1, -0.05) is 45.4 Å². The summed E-state index contributed by atoms with van der Waals surface area (Å²) in [5, 5.41) is 0. The van der Waals surface area contributed by atoms with Gasteiger partial charge in [0.15, 0.2) is 5.75 Å². The molecule has 1 aromatic heterocycles. The number of aldehydes is 1. The highest BCUT2D eigenvalue weighted by molar-refractivity contribution is 5.76. The molecule has 2 aromatic carbocycles. The van der Waals surface area contributed by atoms with E-state index in [2.05, 4.69) is 9.47 Å². The zero-order valence-corrected chi connectivity index (χ0v) is 20.8. The normalized spacial score (nSPS) is 11.7. The van der Waals surface area contributed by atoms with Crippen LogP contribution in [0.5, 0.6) is 5.75 Å². The zero-order valence-electron chi connectivity index (χ0n) is 20.8. The number of methoxy groups -OCH3 is 1. The SMILES string of the molecule is CC.CCCC(CC=O)n1c(=O)n(Cc2ccc(N)c(OC(F)(F)F)c2)c2ccccc21.COC. The number of carbonyl (C=O) groups is 1. The van der Waals surface area contributed by atoms with Crippen LogP contribution in [0.1, 0.15) is 51.6 Å². The molecule has 0 aliphatic carbocycles. The average molecular weight is 498 g/mol. The predicted molar refractivity (Wildman–Crippen MR) is 132 cm³/mol. The average Bonchev–Trinajstić information content (AvgIpc) is 3.08. The Hall–Kier alpha value is -3.27. The summed E-state index contributed by atoms with van der Waals surface area (Å²) in [4.78, 5) is 24.4. The molecule has 3 aromatic rings. The highest BCUT2D eigenvalue weighted by Crippen LogP contribution is 2.30. The van der Waals surface area contributed by atoms with Gasteiger partial charge in [-0.15, -0.1) is 13.2 Å². The highest BCUT2D eigenvalue weighted by atomic mass is 19.4. The molecule has 0 spiro atoms. The standard InChI is InChI=1S/C21H22F3N3O3.C2H6O.C2H6/c1-2-5-15(10-11-28)27-18-7-4-3-6-17(18)26(20(27)29)13-14-8-9-16(25)19(12-14)30-21(22,23)24;1-3-2;1-2/h3-4,6-9,11-12,15H,2,5,10,13,25H2,1H3;1-2H3;1-2H3. The molecule has 0 fully saturated rings. The number of halogens is 3. The maximum Gasteiger partial charge on any atom is 0.573 e. The zero-order chi connectivity index (χ0) is 26.6. The van der Waals surface area contributed by atoms with Crippen molar-refractivity contribution in [3.63, 3.8) is 0 Å². The first-order valence-corrected chi connectivity index (χ1v) is 11.3. The maximum absolute atomic E-state index is 13.2. The number of hydrogen-bond donors (Lipinski definition) is 1. The number of para-hydroxylation sites is 2. The Morgan fingerprint density at radius 1 is 1.09 bits per heavy atom. The summed E-state index contributed by atoms with van der Waals surface area (Å²) in [6.45, 7) is 6.00. The Labute approximate surface area is 203 Å². The number of ether oxygens (including phenoxy) is 2. The van der Waals surface area contributed by atoms with Crippen LogP contribution in [-0.4, -0.2) is 36.0 Å². The summed E-state index contributed by atoms with van der Waals surface area (Å²) >= 11 is 0. The number of nitrogens with zero attached hydrogens (tertiary/aromatic N) is 2. The molecular weight excluding hydrogens is 463 g/mol. The molecule has 0 aliphatic rings. The molecule has 2 N–H and O–H groups in total. The minimum Gasteiger partial charge on any atom is -0.404 e. The van der Waals surface area contributed by atoms with Crippen LogP contribution >= 0.6 is 0 Å². The van der Waals surface area contributed by atoms with Crippen molar-refractivity contribution in [2.24, 2.45) is 0 Å². The molecule has 10 heteroatoms. The van der Waals surface area contributed by atoms with Gasteiger partial charge in [-0.2, -0.15) is 0 Å². The van der Waals surface area contributed by atoms with Gasteiger partial charge in [-0.3, -0.25) is 9.13 Å². The number of imidazole rings is 1. The second kappa shape index (κ2) is 14.2. The molecule has 0 radical (unpaired) electrons. The van der Waals surface area contributed by atoms with Crippen LogP contribution in [0.4, 0.5) is 18.9 Å². The summed E-state index contributed by atoms with van der Waals surface area (Å²) in [6.07, 6.45) is -2.44. The van der Waals surface area contributed by atoms with E-state index in [4.69, 9.17) is 5.73 Å². The summed E-state index contributed by atoms with van der Waals surface area (Å²) in [5.41, 5.74) is 6.84. The molecule has 0 saturated heterocycles. The van der Waals surface area contributed by atoms with E-state index in [1.807, 2.05) is 20.8 Å². The van der Waals surface area contributed by atoms with Crippen molar-refractivity contribution in [1.29, 1.82) is 0 Å². The lowest BCUT2D eigenvalue weighted by Gasteiger charge is -2.15. The van der Waals surface area contributed by atoms with Crippen LogP contribution in [0.3, 0.4) is 0 Å². The summed E-state index contributed by atoms with van der Waals surface area (Å²) in [5.74, 6) is -0.512. The van der Waals surface area contributed by atoms with E-state index in [0.29, 0.717) is 23.0 Å². The van der Waals surface area contributed by atoms with Gasteiger partial charge in [0.2, 0.25) is 0 Å². The summed E-state index contributed by atoms with van der Waals surface area (Å²) in [6, 6.07) is 10.9. The van der Waals surface area contributed by atoms with Crippen molar-refractivity contribution in [2.75, 3.05) is 20.0 Å². The Balaban J connectivity index is 0.00000114. The van der Waals surface area contributed by atoms with Crippen LogP contribution in [-0.2, 0) is 16.1 Å². The van der Waals surface area contributed by atoms with Gasteiger partial charge in [0.25, 0.3) is 0 Å². The lowest BCUT2D eigenvalue weighted by Crippen LogP contribution is -2.28. The molecule has 194 valence electrons. The monoisotopic (exact) mass is 497 g/mol. The van der Waals surface area contributed by atoms with Crippen molar-refractivity contribution >= 4 is 23.0 Å². The number of hydrogen-bond acceptors (Lipinski definition) is 5. The van der Waals surface area contributed by atoms with Crippen LogP contribution in [0.15, 0.2) is 47.3 Å². The van der Waals surface area contributed by atoms with Gasteiger partial charge in [-0.05, 0) is 36.2 Å². The van der Waals surface area contributed by atoms with E-state index in [-0.39, 0.29) is 30.4 Å². The van der Waals surface area contributed by atoms with E-state index in [9.17, 15) is 22.8 Å². The molecule has 1 unspecified atom stereocenters. The summed E-state index contributed by atoms with van der Waals surface area (Å²) < 4.78 is 49.2. The number of nitrogens with two attached hydrogens (primary N) is 1. The number of alkyl halides is 3. The topological polar surface area (TPSA) is 88.5 Å². The number of fused-ring (bicyclic) bond motifs is 1. The van der Waals surface area contributed by atoms with Crippen LogP contribution in [0.25, 0.3) is 11.0 Å². The van der Waals surface area contributed by atoms with E-state index in [1.165, 1.54) is 16.7 Å². The highest BCUT2D eigenvalue weighted by Gasteiger charge is 2.32. The Kier molecular flexibility index (Phi) is 12.1. The van der Waals surface area contributed by atoms with Crippen molar-refractivity contribution < 1.29 is 27.4 Å². The van der Waals surface area contributed by atoms with Gasteiger partial charge in [-0.25, -0.2) is 4.79 Å². The van der Waals surface area contributed by atoms with Crippen molar-refractivity contribution in [3.8, 4) is 5.75 Å². The Bertz CT molecular complexity index is 1120. The third-order valence-electron chi connectivity index (χ3n) is 4.87. The van der Waals surface area contributed by atoms with Crippen molar-refractivity contribution in [2.45, 2.75) is 59.0 Å². The minimum atomic E-state index is -4.87. The van der Waals surface area contributed by atoms with Gasteiger partial charge in [0.05, 0.1) is 23.3 Å². The lowest BCUT2D eigenvalue weighted by molar-refractivity contribution is -0.274. The number of aromatic nitrogens is 2. The van der Waals surface area contributed by atoms with E-state index >= 15 is 0 Å². The molecular formula is C25H34F3N3O4. The second-order valence-electron chi connectivity index (χ2n) is 7.40.